The van der Waals surface area contributed by atoms with Gasteiger partial charge >= 0.3 is 0 Å². The monoisotopic (exact) mass is 551 g/mol. The molecule has 0 aromatic carbocycles. The number of unbranched alkanes of at least 4 members (excludes halogenated alkanes) is 27. The minimum absolute atomic E-state index is 0.338. The average molecular weight is 551 g/mol. The fourth-order valence-electron chi connectivity index (χ4n) is 5.82. The molecular weight excluding hydrogens is 476 g/mol. The smallest absolute Gasteiger partial charge is 0.222 e. The lowest BCUT2D eigenvalue weighted by atomic mass is 10.0. The van der Waals surface area contributed by atoms with Crippen LogP contribution in [0, 0.1) is 0 Å². The molecule has 3 nitrogen and oxygen atoms in total. The van der Waals surface area contributed by atoms with E-state index in [9.17, 15) is 4.79 Å². The third kappa shape index (κ3) is 30.2. The average Bonchev–Trinajstić information content (AvgIpc) is 2.94. The van der Waals surface area contributed by atoms with Gasteiger partial charge in [-0.2, -0.15) is 0 Å². The summed E-state index contributed by atoms with van der Waals surface area (Å²) in [5.41, 5.74) is 5.81. The highest BCUT2D eigenvalue weighted by atomic mass is 16.2. The number of carbonyl (C=O) groups is 1. The van der Waals surface area contributed by atoms with Crippen LogP contribution in [0.5, 0.6) is 0 Å². The van der Waals surface area contributed by atoms with Crippen LogP contribution in [-0.4, -0.2) is 30.4 Å². The maximum absolute atomic E-state index is 12.7. The number of nitrogens with zero attached hydrogens (tertiary/aromatic N) is 1. The van der Waals surface area contributed by atoms with E-state index < -0.39 is 0 Å². The molecule has 3 heteroatoms. The Morgan fingerprint density at radius 1 is 0.410 bits per heavy atom. The van der Waals surface area contributed by atoms with Gasteiger partial charge < -0.3 is 10.6 Å². The van der Waals surface area contributed by atoms with Crippen LogP contribution in [0.3, 0.4) is 0 Å². The molecule has 2 N–H and O–H groups in total. The molecule has 0 radical (unpaired) electrons. The molecular formula is C36H74N2O. The van der Waals surface area contributed by atoms with Crippen molar-refractivity contribution in [2.45, 2.75) is 206 Å². The van der Waals surface area contributed by atoms with Gasteiger partial charge in [0.2, 0.25) is 5.91 Å². The van der Waals surface area contributed by atoms with Gasteiger partial charge in [0.1, 0.15) is 0 Å². The van der Waals surface area contributed by atoms with Crippen molar-refractivity contribution in [1.82, 2.24) is 4.90 Å². The van der Waals surface area contributed by atoms with Crippen molar-refractivity contribution < 1.29 is 4.79 Å². The lowest BCUT2D eigenvalue weighted by molar-refractivity contribution is -0.131. The Morgan fingerprint density at radius 3 is 1.00 bits per heavy atom. The topological polar surface area (TPSA) is 46.3 Å². The fourth-order valence-corrected chi connectivity index (χ4v) is 5.82. The summed E-state index contributed by atoms with van der Waals surface area (Å²) in [6.07, 6.45) is 40.5. The van der Waals surface area contributed by atoms with Gasteiger partial charge in [-0.15, -0.1) is 0 Å². The molecule has 1 amide bonds. The summed E-state index contributed by atoms with van der Waals surface area (Å²) in [5, 5.41) is 0. The summed E-state index contributed by atoms with van der Waals surface area (Å²) < 4.78 is 0. The van der Waals surface area contributed by atoms with E-state index in [1.165, 1.54) is 173 Å². The number of hydrogen-bond acceptors (Lipinski definition) is 2. The van der Waals surface area contributed by atoms with Crippen LogP contribution < -0.4 is 5.73 Å². The molecule has 0 saturated heterocycles. The van der Waals surface area contributed by atoms with Gasteiger partial charge in [0, 0.05) is 26.1 Å². The molecule has 0 unspecified atom stereocenters. The second-order valence-corrected chi connectivity index (χ2v) is 12.5. The Bertz CT molecular complexity index is 467. The van der Waals surface area contributed by atoms with Crippen LogP contribution in [-0.2, 0) is 4.79 Å². The van der Waals surface area contributed by atoms with E-state index >= 15 is 0 Å². The first-order valence-electron chi connectivity index (χ1n) is 18.2. The van der Waals surface area contributed by atoms with Gasteiger partial charge in [0.05, 0.1) is 0 Å². The molecule has 0 heterocycles. The van der Waals surface area contributed by atoms with Crippen molar-refractivity contribution in [2.24, 2.45) is 5.73 Å². The van der Waals surface area contributed by atoms with Gasteiger partial charge in [-0.25, -0.2) is 0 Å². The molecule has 0 aliphatic heterocycles. The third-order valence-corrected chi connectivity index (χ3v) is 8.53. The first kappa shape index (κ1) is 38.4. The van der Waals surface area contributed by atoms with E-state index in [1.54, 1.807) is 0 Å². The van der Waals surface area contributed by atoms with E-state index in [1.807, 2.05) is 4.90 Å². The largest absolute Gasteiger partial charge is 0.341 e. The van der Waals surface area contributed by atoms with Crippen molar-refractivity contribution in [3.05, 3.63) is 0 Å². The predicted octanol–water partition coefficient (Wildman–Crippen LogP) is 11.5. The van der Waals surface area contributed by atoms with Crippen LogP contribution in [0.2, 0.25) is 0 Å². The number of amides is 1. The number of nitrogens with two attached hydrogens (primary N) is 1. The number of hydrogen-bond donors (Lipinski definition) is 1. The molecule has 0 aromatic rings. The molecule has 0 bridgehead atoms. The molecule has 39 heavy (non-hydrogen) atoms. The van der Waals surface area contributed by atoms with E-state index in [0.29, 0.717) is 12.5 Å². The van der Waals surface area contributed by atoms with Gasteiger partial charge in [-0.05, 0) is 12.8 Å². The molecule has 0 rings (SSSR count). The summed E-state index contributed by atoms with van der Waals surface area (Å²) in [5.74, 6) is 0.338. The maximum Gasteiger partial charge on any atom is 0.222 e. The van der Waals surface area contributed by atoms with Crippen molar-refractivity contribution in [1.29, 1.82) is 0 Å². The highest BCUT2D eigenvalue weighted by Gasteiger charge is 2.11. The Labute approximate surface area is 247 Å². The van der Waals surface area contributed by atoms with Crippen LogP contribution in [0.4, 0.5) is 0 Å². The molecule has 0 aliphatic carbocycles. The van der Waals surface area contributed by atoms with Crippen molar-refractivity contribution in [3.8, 4) is 0 Å². The van der Waals surface area contributed by atoms with Crippen LogP contribution in [0.25, 0.3) is 0 Å². The molecule has 0 aromatic heterocycles. The van der Waals surface area contributed by atoms with Gasteiger partial charge in [-0.3, -0.25) is 4.79 Å². The minimum Gasteiger partial charge on any atom is -0.341 e. The zero-order valence-electron chi connectivity index (χ0n) is 27.3. The molecule has 0 spiro atoms. The second kappa shape index (κ2) is 33.6. The highest BCUT2D eigenvalue weighted by molar-refractivity contribution is 5.76. The highest BCUT2D eigenvalue weighted by Crippen LogP contribution is 2.15. The standard InChI is InChI=1S/C36H74N2O/c1-3-5-7-9-11-13-15-17-19-20-22-24-26-28-30-32-36(39)38(35-33-37)34-31-29-27-25-23-21-18-16-14-12-10-8-6-4-2/h3-35,37H2,1-2H3. The van der Waals surface area contributed by atoms with Crippen molar-refractivity contribution in [2.75, 3.05) is 19.6 Å². The third-order valence-electron chi connectivity index (χ3n) is 8.53. The zero-order chi connectivity index (χ0) is 28.5. The Hall–Kier alpha value is -0.570. The summed E-state index contributed by atoms with van der Waals surface area (Å²) in [4.78, 5) is 14.7. The van der Waals surface area contributed by atoms with Crippen molar-refractivity contribution in [3.63, 3.8) is 0 Å². The molecule has 0 fully saturated rings. The Balaban J connectivity index is 3.51. The first-order chi connectivity index (χ1) is 19.3. The summed E-state index contributed by atoms with van der Waals surface area (Å²) in [6, 6.07) is 0. The number of carbonyl (C=O) groups excluding carboxylic acids is 1. The van der Waals surface area contributed by atoms with E-state index in [-0.39, 0.29) is 0 Å². The van der Waals surface area contributed by atoms with Crippen molar-refractivity contribution >= 4 is 5.91 Å². The number of rotatable bonds is 33. The normalized spacial score (nSPS) is 11.4. The van der Waals surface area contributed by atoms with E-state index in [0.717, 1.165) is 32.4 Å². The first-order valence-corrected chi connectivity index (χ1v) is 18.2. The van der Waals surface area contributed by atoms with Crippen LogP contribution in [0.1, 0.15) is 206 Å². The van der Waals surface area contributed by atoms with Gasteiger partial charge in [0.15, 0.2) is 0 Å². The fraction of sp³-hybridized carbons (Fsp3) is 0.972. The second-order valence-electron chi connectivity index (χ2n) is 12.5. The maximum atomic E-state index is 12.7. The quantitative estimate of drug-likeness (QED) is 0.0826. The Kier molecular flexibility index (Phi) is 33.1. The summed E-state index contributed by atoms with van der Waals surface area (Å²) >= 11 is 0. The molecule has 0 atom stereocenters. The van der Waals surface area contributed by atoms with E-state index in [2.05, 4.69) is 13.8 Å². The minimum atomic E-state index is 0.338. The zero-order valence-corrected chi connectivity index (χ0v) is 27.3. The van der Waals surface area contributed by atoms with E-state index in [4.69, 9.17) is 5.73 Å². The van der Waals surface area contributed by atoms with Gasteiger partial charge in [-0.1, -0.05) is 187 Å². The lowest BCUT2D eigenvalue weighted by Gasteiger charge is -2.22. The SMILES string of the molecule is CCCCCCCCCCCCCCCCCC(=O)N(CCN)CCCCCCCCCCCCCCCC. The molecule has 0 aliphatic rings. The summed E-state index contributed by atoms with van der Waals surface area (Å²) in [7, 11) is 0. The Morgan fingerprint density at radius 2 is 0.692 bits per heavy atom. The summed E-state index contributed by atoms with van der Waals surface area (Å²) in [6.45, 7) is 6.81. The van der Waals surface area contributed by atoms with Crippen LogP contribution in [0.15, 0.2) is 0 Å². The molecule has 234 valence electrons. The lowest BCUT2D eigenvalue weighted by Crippen LogP contribution is -2.36. The van der Waals surface area contributed by atoms with Gasteiger partial charge in [0.25, 0.3) is 0 Å². The molecule has 0 saturated carbocycles. The predicted molar refractivity (Wildman–Crippen MR) is 175 cm³/mol. The van der Waals surface area contributed by atoms with Crippen LogP contribution >= 0.6 is 0 Å².